The minimum Gasteiger partial charge on any atom is -0.384 e. The highest BCUT2D eigenvalue weighted by atomic mass is 15.3. The molecule has 2 aromatic rings. The van der Waals surface area contributed by atoms with Crippen LogP contribution >= 0.6 is 0 Å². The fraction of sp³-hybridized carbons (Fsp3) is 0.278. The fourth-order valence-electron chi connectivity index (χ4n) is 2.85. The van der Waals surface area contributed by atoms with Gasteiger partial charge in [-0.1, -0.05) is 42.5 Å². The molecule has 22 heavy (non-hydrogen) atoms. The second kappa shape index (κ2) is 6.62. The highest BCUT2D eigenvalue weighted by molar-refractivity contribution is 5.94. The number of rotatable bonds is 4. The highest BCUT2D eigenvalue weighted by Gasteiger charge is 2.17. The normalized spacial score (nSPS) is 15.7. The SMILES string of the molecule is N=C(N)c1ccc(CN2CCN(c3ccccc3)CC2)cc1. The molecule has 0 aliphatic carbocycles. The highest BCUT2D eigenvalue weighted by Crippen LogP contribution is 2.16. The number of nitrogens with one attached hydrogen (secondary N) is 1. The van der Waals surface area contributed by atoms with Gasteiger partial charge in [-0.3, -0.25) is 10.3 Å². The number of nitrogen functional groups attached to an aromatic ring is 1. The Hall–Kier alpha value is -2.33. The van der Waals surface area contributed by atoms with E-state index in [1.54, 1.807) is 0 Å². The van der Waals surface area contributed by atoms with Crippen molar-refractivity contribution in [2.75, 3.05) is 31.1 Å². The maximum Gasteiger partial charge on any atom is 0.122 e. The van der Waals surface area contributed by atoms with Gasteiger partial charge in [0, 0.05) is 44.0 Å². The fourth-order valence-corrected chi connectivity index (χ4v) is 2.85. The maximum atomic E-state index is 7.42. The van der Waals surface area contributed by atoms with Gasteiger partial charge in [0.15, 0.2) is 0 Å². The summed E-state index contributed by atoms with van der Waals surface area (Å²) in [7, 11) is 0. The molecule has 0 spiro atoms. The van der Waals surface area contributed by atoms with E-state index in [9.17, 15) is 0 Å². The minimum absolute atomic E-state index is 0.128. The third-order valence-electron chi connectivity index (χ3n) is 4.16. The van der Waals surface area contributed by atoms with Crippen LogP contribution in [0.15, 0.2) is 54.6 Å². The zero-order valence-electron chi connectivity index (χ0n) is 12.7. The Morgan fingerprint density at radius 3 is 2.14 bits per heavy atom. The molecule has 3 rings (SSSR count). The lowest BCUT2D eigenvalue weighted by molar-refractivity contribution is 0.250. The smallest absolute Gasteiger partial charge is 0.122 e. The Kier molecular flexibility index (Phi) is 4.39. The minimum atomic E-state index is 0.128. The standard InChI is InChI=1S/C18H22N4/c19-18(20)16-8-6-15(7-9-16)14-21-10-12-22(13-11-21)17-4-2-1-3-5-17/h1-9H,10-14H2,(H3,19,20). The van der Waals surface area contributed by atoms with Crippen LogP contribution in [-0.4, -0.2) is 36.9 Å². The van der Waals surface area contributed by atoms with Crippen molar-refractivity contribution in [1.82, 2.24) is 4.90 Å². The largest absolute Gasteiger partial charge is 0.384 e. The molecule has 0 amide bonds. The molecule has 0 saturated carbocycles. The molecular formula is C18H22N4. The van der Waals surface area contributed by atoms with Gasteiger partial charge in [-0.05, 0) is 17.7 Å². The maximum absolute atomic E-state index is 7.42. The van der Waals surface area contributed by atoms with Crippen molar-refractivity contribution >= 4 is 11.5 Å². The Morgan fingerprint density at radius 2 is 1.55 bits per heavy atom. The van der Waals surface area contributed by atoms with Gasteiger partial charge in [-0.25, -0.2) is 0 Å². The molecule has 4 heteroatoms. The van der Waals surface area contributed by atoms with Crippen molar-refractivity contribution in [2.45, 2.75) is 6.54 Å². The van der Waals surface area contributed by atoms with E-state index in [2.05, 4.69) is 52.3 Å². The van der Waals surface area contributed by atoms with E-state index in [-0.39, 0.29) is 5.84 Å². The van der Waals surface area contributed by atoms with Crippen molar-refractivity contribution in [1.29, 1.82) is 5.41 Å². The molecule has 114 valence electrons. The van der Waals surface area contributed by atoms with Crippen molar-refractivity contribution < 1.29 is 0 Å². The molecule has 1 aliphatic heterocycles. The predicted molar refractivity (Wildman–Crippen MR) is 91.4 cm³/mol. The first-order valence-corrected chi connectivity index (χ1v) is 7.68. The zero-order chi connectivity index (χ0) is 15.4. The summed E-state index contributed by atoms with van der Waals surface area (Å²) in [4.78, 5) is 4.91. The Labute approximate surface area is 131 Å². The van der Waals surface area contributed by atoms with Crippen LogP contribution < -0.4 is 10.6 Å². The van der Waals surface area contributed by atoms with Gasteiger partial charge in [0.1, 0.15) is 5.84 Å². The quantitative estimate of drug-likeness (QED) is 0.672. The lowest BCUT2D eigenvalue weighted by Gasteiger charge is -2.36. The molecule has 0 unspecified atom stereocenters. The average Bonchev–Trinajstić information content (AvgIpc) is 2.57. The number of nitrogens with two attached hydrogens (primary N) is 1. The molecule has 0 aromatic heterocycles. The summed E-state index contributed by atoms with van der Waals surface area (Å²) in [5.74, 6) is 0.128. The molecule has 1 fully saturated rings. The topological polar surface area (TPSA) is 56.4 Å². The molecule has 0 bridgehead atoms. The molecule has 0 atom stereocenters. The molecule has 0 radical (unpaired) electrons. The molecule has 1 aliphatic rings. The number of piperazine rings is 1. The third kappa shape index (κ3) is 3.46. The van der Waals surface area contributed by atoms with E-state index in [1.165, 1.54) is 11.3 Å². The lowest BCUT2D eigenvalue weighted by Crippen LogP contribution is -2.45. The number of benzene rings is 2. The van der Waals surface area contributed by atoms with Crippen LogP contribution in [-0.2, 0) is 6.54 Å². The Balaban J connectivity index is 1.54. The number of hydrogen-bond donors (Lipinski definition) is 2. The predicted octanol–water partition coefficient (Wildman–Crippen LogP) is 2.29. The van der Waals surface area contributed by atoms with Crippen molar-refractivity contribution in [2.24, 2.45) is 5.73 Å². The van der Waals surface area contributed by atoms with Crippen molar-refractivity contribution in [3.63, 3.8) is 0 Å². The van der Waals surface area contributed by atoms with Crippen LogP contribution in [0.3, 0.4) is 0 Å². The number of anilines is 1. The summed E-state index contributed by atoms with van der Waals surface area (Å²) in [6.07, 6.45) is 0. The summed E-state index contributed by atoms with van der Waals surface area (Å²) in [6.45, 7) is 5.23. The van der Waals surface area contributed by atoms with E-state index in [0.717, 1.165) is 38.3 Å². The molecule has 2 aromatic carbocycles. The average molecular weight is 294 g/mol. The van der Waals surface area contributed by atoms with Crippen LogP contribution in [0.2, 0.25) is 0 Å². The number of nitrogens with zero attached hydrogens (tertiary/aromatic N) is 2. The third-order valence-corrected chi connectivity index (χ3v) is 4.16. The summed E-state index contributed by atoms with van der Waals surface area (Å²) < 4.78 is 0. The van der Waals surface area contributed by atoms with Gasteiger partial charge >= 0.3 is 0 Å². The van der Waals surface area contributed by atoms with E-state index in [4.69, 9.17) is 11.1 Å². The lowest BCUT2D eigenvalue weighted by atomic mass is 10.1. The van der Waals surface area contributed by atoms with E-state index in [0.29, 0.717) is 0 Å². The van der Waals surface area contributed by atoms with Crippen LogP contribution in [0.25, 0.3) is 0 Å². The number of para-hydroxylation sites is 1. The van der Waals surface area contributed by atoms with Crippen LogP contribution in [0.4, 0.5) is 5.69 Å². The van der Waals surface area contributed by atoms with E-state index < -0.39 is 0 Å². The van der Waals surface area contributed by atoms with Gasteiger partial charge in [-0.2, -0.15) is 0 Å². The number of hydrogen-bond acceptors (Lipinski definition) is 3. The van der Waals surface area contributed by atoms with Gasteiger partial charge in [0.25, 0.3) is 0 Å². The first kappa shape index (κ1) is 14.6. The van der Waals surface area contributed by atoms with Gasteiger partial charge < -0.3 is 10.6 Å². The summed E-state index contributed by atoms with van der Waals surface area (Å²) in [5, 5.41) is 7.42. The van der Waals surface area contributed by atoms with Crippen LogP contribution in [0, 0.1) is 5.41 Å². The molecular weight excluding hydrogens is 272 g/mol. The monoisotopic (exact) mass is 294 g/mol. The second-order valence-electron chi connectivity index (χ2n) is 5.71. The van der Waals surface area contributed by atoms with E-state index in [1.807, 2.05) is 12.1 Å². The van der Waals surface area contributed by atoms with Crippen molar-refractivity contribution in [3.05, 3.63) is 65.7 Å². The Morgan fingerprint density at radius 1 is 0.909 bits per heavy atom. The first-order chi connectivity index (χ1) is 10.7. The van der Waals surface area contributed by atoms with Gasteiger partial charge in [0.2, 0.25) is 0 Å². The van der Waals surface area contributed by atoms with Gasteiger partial charge in [0.05, 0.1) is 0 Å². The second-order valence-corrected chi connectivity index (χ2v) is 5.71. The van der Waals surface area contributed by atoms with Crippen LogP contribution in [0.1, 0.15) is 11.1 Å². The molecule has 1 heterocycles. The molecule has 4 nitrogen and oxygen atoms in total. The molecule has 3 N–H and O–H groups in total. The first-order valence-electron chi connectivity index (χ1n) is 7.68. The van der Waals surface area contributed by atoms with Gasteiger partial charge in [-0.15, -0.1) is 0 Å². The van der Waals surface area contributed by atoms with E-state index >= 15 is 0 Å². The Bertz CT molecular complexity index is 613. The summed E-state index contributed by atoms with van der Waals surface area (Å²) >= 11 is 0. The summed E-state index contributed by atoms with van der Waals surface area (Å²) in [6, 6.07) is 18.6. The van der Waals surface area contributed by atoms with Crippen molar-refractivity contribution in [3.8, 4) is 0 Å². The number of amidine groups is 1. The molecule has 1 saturated heterocycles. The van der Waals surface area contributed by atoms with Crippen LogP contribution in [0.5, 0.6) is 0 Å². The summed E-state index contributed by atoms with van der Waals surface area (Å²) in [5.41, 5.74) is 8.86. The zero-order valence-corrected chi connectivity index (χ0v) is 12.7.